The Labute approximate surface area is 165 Å². The number of nitrogens with zero attached hydrogens (tertiary/aromatic N) is 3. The summed E-state index contributed by atoms with van der Waals surface area (Å²) >= 11 is 0. The summed E-state index contributed by atoms with van der Waals surface area (Å²) in [4.78, 5) is 17.4. The number of hydrogen-bond acceptors (Lipinski definition) is 3. The molecule has 0 spiro atoms. The highest BCUT2D eigenvalue weighted by molar-refractivity contribution is 5.94. The smallest absolute Gasteiger partial charge is 0.270 e. The number of hydrogen-bond donors (Lipinski definition) is 1. The van der Waals surface area contributed by atoms with Crippen LogP contribution in [0.2, 0.25) is 0 Å². The van der Waals surface area contributed by atoms with Gasteiger partial charge in [-0.1, -0.05) is 46.8 Å². The van der Waals surface area contributed by atoms with Gasteiger partial charge in [-0.3, -0.25) is 4.79 Å². The summed E-state index contributed by atoms with van der Waals surface area (Å²) in [5.41, 5.74) is 2.28. The number of amides is 1. The van der Waals surface area contributed by atoms with Crippen LogP contribution in [0.4, 0.5) is 4.39 Å². The highest BCUT2D eigenvalue weighted by Crippen LogP contribution is 2.26. The van der Waals surface area contributed by atoms with Crippen LogP contribution in [-0.4, -0.2) is 27.0 Å². The molecule has 28 heavy (non-hydrogen) atoms. The second-order valence-corrected chi connectivity index (χ2v) is 8.49. The molecule has 5 nitrogen and oxygen atoms in total. The Morgan fingerprint density at radius 1 is 1.21 bits per heavy atom. The lowest BCUT2D eigenvalue weighted by Gasteiger charge is -2.13. The van der Waals surface area contributed by atoms with Crippen LogP contribution in [0, 0.1) is 11.7 Å². The van der Waals surface area contributed by atoms with Crippen molar-refractivity contribution in [1.29, 1.82) is 0 Å². The quantitative estimate of drug-likeness (QED) is 0.701. The van der Waals surface area contributed by atoms with Gasteiger partial charge in [-0.2, -0.15) is 5.10 Å². The van der Waals surface area contributed by atoms with E-state index < -0.39 is 0 Å². The molecule has 1 amide bonds. The van der Waals surface area contributed by atoms with Gasteiger partial charge in [-0.25, -0.2) is 13.9 Å². The van der Waals surface area contributed by atoms with Crippen molar-refractivity contribution in [1.82, 2.24) is 19.9 Å². The van der Waals surface area contributed by atoms with E-state index in [4.69, 9.17) is 0 Å². The fraction of sp³-hybridized carbons (Fsp3) is 0.409. The van der Waals surface area contributed by atoms with Crippen molar-refractivity contribution < 1.29 is 9.18 Å². The number of aromatic nitrogens is 3. The van der Waals surface area contributed by atoms with Crippen molar-refractivity contribution >= 4 is 11.6 Å². The molecule has 0 bridgehead atoms. The lowest BCUT2D eigenvalue weighted by molar-refractivity contribution is 0.0944. The van der Waals surface area contributed by atoms with Crippen molar-refractivity contribution in [3.8, 4) is 11.3 Å². The molecule has 2 aromatic heterocycles. The van der Waals surface area contributed by atoms with E-state index in [9.17, 15) is 9.18 Å². The maximum atomic E-state index is 14.3. The summed E-state index contributed by atoms with van der Waals surface area (Å²) in [6.45, 7) is 10.9. The lowest BCUT2D eigenvalue weighted by atomic mass is 9.93. The largest absolute Gasteiger partial charge is 0.351 e. The molecule has 0 atom stereocenters. The van der Waals surface area contributed by atoms with Gasteiger partial charge in [0.05, 0.1) is 11.4 Å². The fourth-order valence-electron chi connectivity index (χ4n) is 2.87. The molecule has 3 rings (SSSR count). The van der Waals surface area contributed by atoms with E-state index in [1.54, 1.807) is 28.8 Å². The monoisotopic (exact) mass is 382 g/mol. The van der Waals surface area contributed by atoms with Crippen LogP contribution in [0.3, 0.4) is 0 Å². The molecule has 0 fully saturated rings. The molecule has 148 valence electrons. The molecule has 3 aromatic rings. The summed E-state index contributed by atoms with van der Waals surface area (Å²) in [5, 5.41) is 7.55. The van der Waals surface area contributed by atoms with E-state index >= 15 is 0 Å². The van der Waals surface area contributed by atoms with Crippen molar-refractivity contribution in [2.75, 3.05) is 6.54 Å². The minimum absolute atomic E-state index is 0.197. The zero-order chi connectivity index (χ0) is 20.5. The molecule has 0 aliphatic rings. The van der Waals surface area contributed by atoms with Crippen molar-refractivity contribution in [3.63, 3.8) is 0 Å². The van der Waals surface area contributed by atoms with Crippen LogP contribution in [0.1, 0.15) is 57.2 Å². The van der Waals surface area contributed by atoms with Gasteiger partial charge in [0, 0.05) is 23.6 Å². The minimum Gasteiger partial charge on any atom is -0.351 e. The molecule has 0 saturated carbocycles. The van der Waals surface area contributed by atoms with Crippen LogP contribution in [0.15, 0.2) is 36.4 Å². The number of benzene rings is 1. The Kier molecular flexibility index (Phi) is 5.49. The number of halogens is 1. The molecule has 0 unspecified atom stereocenters. The molecule has 0 aliphatic heterocycles. The van der Waals surface area contributed by atoms with Gasteiger partial charge in [0.15, 0.2) is 5.65 Å². The van der Waals surface area contributed by atoms with E-state index in [-0.39, 0.29) is 17.1 Å². The minimum atomic E-state index is -0.374. The van der Waals surface area contributed by atoms with E-state index in [2.05, 4.69) is 50.0 Å². The Hall–Kier alpha value is -2.76. The summed E-state index contributed by atoms with van der Waals surface area (Å²) in [7, 11) is 0. The Morgan fingerprint density at radius 2 is 1.93 bits per heavy atom. The summed E-state index contributed by atoms with van der Waals surface area (Å²) in [5.74, 6) is -0.126. The van der Waals surface area contributed by atoms with Crippen LogP contribution >= 0.6 is 0 Å². The Morgan fingerprint density at radius 3 is 2.57 bits per heavy atom. The Balaban J connectivity index is 2.11. The molecular formula is C22H27FN4O. The number of carbonyl (C=O) groups is 1. The number of fused-ring (bicyclic) bond motifs is 1. The summed E-state index contributed by atoms with van der Waals surface area (Å²) < 4.78 is 15.9. The number of rotatable bonds is 5. The van der Waals surface area contributed by atoms with Crippen LogP contribution in [-0.2, 0) is 5.41 Å². The second kappa shape index (κ2) is 7.70. The first kappa shape index (κ1) is 20.0. The van der Waals surface area contributed by atoms with Crippen molar-refractivity contribution in [2.24, 2.45) is 5.92 Å². The lowest BCUT2D eigenvalue weighted by Crippen LogP contribution is -2.28. The van der Waals surface area contributed by atoms with Gasteiger partial charge in [-0.15, -0.1) is 0 Å². The normalized spacial score (nSPS) is 12.0. The first-order chi connectivity index (χ1) is 13.2. The molecule has 2 heterocycles. The molecular weight excluding hydrogens is 355 g/mol. The topological polar surface area (TPSA) is 59.3 Å². The highest BCUT2D eigenvalue weighted by atomic mass is 19.1. The zero-order valence-electron chi connectivity index (χ0n) is 17.1. The third-order valence-electron chi connectivity index (χ3n) is 4.59. The first-order valence-electron chi connectivity index (χ1n) is 9.61. The summed E-state index contributed by atoms with van der Waals surface area (Å²) in [6, 6.07) is 9.90. The van der Waals surface area contributed by atoms with Gasteiger partial charge < -0.3 is 5.32 Å². The average Bonchev–Trinajstić information content (AvgIpc) is 3.05. The van der Waals surface area contributed by atoms with Gasteiger partial charge in [0.2, 0.25) is 0 Å². The highest BCUT2D eigenvalue weighted by Gasteiger charge is 2.22. The van der Waals surface area contributed by atoms with Crippen LogP contribution in [0.25, 0.3) is 16.9 Å². The predicted octanol–water partition coefficient (Wildman–Crippen LogP) is 4.61. The molecule has 1 aromatic carbocycles. The number of carbonyl (C=O) groups excluding carboxylic acids is 1. The van der Waals surface area contributed by atoms with Crippen LogP contribution in [0.5, 0.6) is 0 Å². The molecule has 0 saturated heterocycles. The van der Waals surface area contributed by atoms with Crippen molar-refractivity contribution in [3.05, 3.63) is 53.6 Å². The Bertz CT molecular complexity index is 1000. The maximum Gasteiger partial charge on any atom is 0.270 e. The fourth-order valence-corrected chi connectivity index (χ4v) is 2.87. The molecule has 0 radical (unpaired) electrons. The van der Waals surface area contributed by atoms with E-state index in [0.717, 1.165) is 12.1 Å². The van der Waals surface area contributed by atoms with Gasteiger partial charge in [-0.05, 0) is 30.5 Å². The predicted molar refractivity (Wildman–Crippen MR) is 109 cm³/mol. The SMILES string of the molecule is CC(C)CCNC(=O)c1cc(-c2ccccc2F)nc2cc(C(C)(C)C)nn12. The number of nitrogens with one attached hydrogen (secondary N) is 1. The van der Waals surface area contributed by atoms with Gasteiger partial charge in [0.1, 0.15) is 11.5 Å². The van der Waals surface area contributed by atoms with E-state index in [1.165, 1.54) is 6.07 Å². The third kappa shape index (κ3) is 4.21. The third-order valence-corrected chi connectivity index (χ3v) is 4.59. The zero-order valence-corrected chi connectivity index (χ0v) is 17.1. The molecule has 1 N–H and O–H groups in total. The molecule has 0 aliphatic carbocycles. The second-order valence-electron chi connectivity index (χ2n) is 8.49. The van der Waals surface area contributed by atoms with Gasteiger partial charge in [0.25, 0.3) is 5.91 Å². The average molecular weight is 382 g/mol. The summed E-state index contributed by atoms with van der Waals surface area (Å²) in [6.07, 6.45) is 0.881. The van der Waals surface area contributed by atoms with Gasteiger partial charge >= 0.3 is 0 Å². The maximum absolute atomic E-state index is 14.3. The van der Waals surface area contributed by atoms with E-state index in [0.29, 0.717) is 35.1 Å². The van der Waals surface area contributed by atoms with Crippen molar-refractivity contribution in [2.45, 2.75) is 46.5 Å². The standard InChI is InChI=1S/C22H27FN4O/c1-14(2)10-11-24-21(28)18-12-17(15-8-6-7-9-16(15)23)25-20-13-19(22(3,4)5)26-27(18)20/h6-9,12-14H,10-11H2,1-5H3,(H,24,28). The molecule has 6 heteroatoms. The first-order valence-corrected chi connectivity index (χ1v) is 9.61. The van der Waals surface area contributed by atoms with E-state index in [1.807, 2.05) is 6.07 Å². The van der Waals surface area contributed by atoms with Crippen LogP contribution < -0.4 is 5.32 Å².